The number of alkyl halides is 6. The predicted molar refractivity (Wildman–Crippen MR) is 64.6 cm³/mol. The third-order valence-corrected chi connectivity index (χ3v) is 2.68. The highest BCUT2D eigenvalue weighted by Crippen LogP contribution is 2.40. The van der Waals surface area contributed by atoms with Gasteiger partial charge in [-0.15, -0.1) is 0 Å². The molecule has 110 valence electrons. The van der Waals surface area contributed by atoms with E-state index in [0.29, 0.717) is 0 Å². The largest absolute Gasteiger partial charge is 0.469 e. The Kier molecular flexibility index (Phi) is 8.02. The van der Waals surface area contributed by atoms with Gasteiger partial charge in [-0.1, -0.05) is 29.8 Å². The van der Waals surface area contributed by atoms with Gasteiger partial charge in [0, 0.05) is 5.02 Å². The fourth-order valence-corrected chi connectivity index (χ4v) is 1.53. The summed E-state index contributed by atoms with van der Waals surface area (Å²) in [5.41, 5.74) is -8.48. The molecule has 0 spiro atoms. The Hall–Kier alpha value is -0.250. The molecule has 0 aliphatic carbocycles. The van der Waals surface area contributed by atoms with Crippen LogP contribution in [-0.2, 0) is 3.63 Å². The van der Waals surface area contributed by atoms with Crippen LogP contribution in [0.15, 0.2) is 24.3 Å². The van der Waals surface area contributed by atoms with E-state index < -0.39 is 35.1 Å². The van der Waals surface area contributed by atoms with Crippen molar-refractivity contribution in [2.75, 3.05) is 0 Å². The predicted octanol–water partition coefficient (Wildman–Crippen LogP) is 5.99. The van der Waals surface area contributed by atoms with Crippen molar-refractivity contribution in [3.05, 3.63) is 34.9 Å². The Morgan fingerprint density at radius 1 is 0.947 bits per heavy atom. The van der Waals surface area contributed by atoms with E-state index in [2.05, 4.69) is 3.63 Å². The van der Waals surface area contributed by atoms with Gasteiger partial charge in [0.05, 0.1) is 0 Å². The zero-order valence-electron chi connectivity index (χ0n) is 9.18. The first-order chi connectivity index (χ1) is 8.51. The zero-order valence-corrected chi connectivity index (χ0v) is 11.6. The van der Waals surface area contributed by atoms with Crippen LogP contribution in [0.1, 0.15) is 5.56 Å². The van der Waals surface area contributed by atoms with Crippen molar-refractivity contribution in [2.24, 2.45) is 0 Å². The van der Waals surface area contributed by atoms with Crippen LogP contribution >= 0.6 is 35.7 Å². The maximum Gasteiger partial charge on any atom is 0.469 e. The number of hydrogen-bond donors (Lipinski definition) is 0. The smallest absolute Gasteiger partial charge is 0.229 e. The summed E-state index contributed by atoms with van der Waals surface area (Å²) in [4.78, 5) is 0. The third-order valence-electron chi connectivity index (χ3n) is 1.33. The fraction of sp³-hybridized carbons (Fsp3) is 0.333. The Bertz CT molecular complexity index is 347. The molecule has 19 heavy (non-hydrogen) atoms. The maximum absolute atomic E-state index is 11.1. The standard InChI is InChI=1S/C7H7Cl.C2F6OS2/c1-6-4-2-3-5-7(6)8;3-1(4,5)10-9-11-2(6,7)8/h2-5H,1H3;. The van der Waals surface area contributed by atoms with Crippen molar-refractivity contribution in [1.29, 1.82) is 0 Å². The van der Waals surface area contributed by atoms with Crippen LogP contribution in [0.4, 0.5) is 26.3 Å². The Morgan fingerprint density at radius 3 is 1.63 bits per heavy atom. The molecule has 1 nitrogen and oxygen atoms in total. The van der Waals surface area contributed by atoms with Gasteiger partial charge in [-0.25, -0.2) is 3.63 Å². The molecular weight excluding hydrogens is 338 g/mol. The zero-order chi connectivity index (χ0) is 15.1. The molecule has 0 aliphatic rings. The number of halogens is 7. The van der Waals surface area contributed by atoms with E-state index in [9.17, 15) is 26.3 Å². The lowest BCUT2D eigenvalue weighted by molar-refractivity contribution is -0.0416. The summed E-state index contributed by atoms with van der Waals surface area (Å²) in [6, 6.07) is 7.77. The first kappa shape index (κ1) is 18.8. The Morgan fingerprint density at radius 2 is 1.37 bits per heavy atom. The summed E-state index contributed by atoms with van der Waals surface area (Å²) in [6.45, 7) is 1.99. The Labute approximate surface area is 119 Å². The first-order valence-electron chi connectivity index (χ1n) is 4.39. The topological polar surface area (TPSA) is 9.23 Å². The number of aryl methyl sites for hydroxylation is 1. The summed E-state index contributed by atoms with van der Waals surface area (Å²) in [6.07, 6.45) is 0. The van der Waals surface area contributed by atoms with Gasteiger partial charge in [-0.2, -0.15) is 26.3 Å². The van der Waals surface area contributed by atoms with Crippen LogP contribution in [0.2, 0.25) is 5.02 Å². The third kappa shape index (κ3) is 12.5. The average molecular weight is 345 g/mol. The molecular formula is C9H7ClF6OS2. The summed E-state index contributed by atoms with van der Waals surface area (Å²) < 4.78 is 69.7. The molecule has 10 heteroatoms. The van der Waals surface area contributed by atoms with Crippen LogP contribution < -0.4 is 0 Å². The van der Waals surface area contributed by atoms with Crippen molar-refractivity contribution < 1.29 is 30.0 Å². The molecule has 0 unspecified atom stereocenters. The number of benzene rings is 1. The lowest BCUT2D eigenvalue weighted by Crippen LogP contribution is -2.03. The van der Waals surface area contributed by atoms with Gasteiger partial charge in [0.2, 0.25) is 0 Å². The highest BCUT2D eigenvalue weighted by molar-refractivity contribution is 8.08. The highest BCUT2D eigenvalue weighted by atomic mass is 35.5. The van der Waals surface area contributed by atoms with E-state index in [1.165, 1.54) is 0 Å². The monoisotopic (exact) mass is 344 g/mol. The molecule has 0 saturated heterocycles. The normalized spacial score (nSPS) is 11.8. The van der Waals surface area contributed by atoms with Crippen molar-refractivity contribution in [3.8, 4) is 0 Å². The minimum Gasteiger partial charge on any atom is -0.229 e. The van der Waals surface area contributed by atoms with E-state index in [1.54, 1.807) is 0 Å². The second kappa shape index (κ2) is 8.13. The van der Waals surface area contributed by atoms with Gasteiger partial charge >= 0.3 is 11.0 Å². The van der Waals surface area contributed by atoms with E-state index in [1.807, 2.05) is 31.2 Å². The van der Waals surface area contributed by atoms with Gasteiger partial charge in [0.1, 0.15) is 24.1 Å². The van der Waals surface area contributed by atoms with Crippen molar-refractivity contribution >= 4 is 35.7 Å². The van der Waals surface area contributed by atoms with Gasteiger partial charge in [0.15, 0.2) is 0 Å². The highest BCUT2D eigenvalue weighted by Gasteiger charge is 2.36. The Balaban J connectivity index is 0.000000356. The van der Waals surface area contributed by atoms with Gasteiger partial charge in [-0.05, 0) is 18.6 Å². The molecule has 0 bridgehead atoms. The molecule has 1 rings (SSSR count). The molecule has 0 radical (unpaired) electrons. The lowest BCUT2D eigenvalue weighted by Gasteiger charge is -2.05. The molecule has 0 saturated carbocycles. The van der Waals surface area contributed by atoms with Crippen molar-refractivity contribution in [1.82, 2.24) is 0 Å². The molecule has 1 aromatic carbocycles. The lowest BCUT2D eigenvalue weighted by atomic mass is 10.2. The van der Waals surface area contributed by atoms with Crippen LogP contribution in [0.3, 0.4) is 0 Å². The molecule has 0 N–H and O–H groups in total. The summed E-state index contributed by atoms with van der Waals surface area (Å²) in [5, 5.41) is 0.840. The van der Waals surface area contributed by atoms with Crippen molar-refractivity contribution in [3.63, 3.8) is 0 Å². The quantitative estimate of drug-likeness (QED) is 0.482. The van der Waals surface area contributed by atoms with E-state index in [4.69, 9.17) is 11.6 Å². The van der Waals surface area contributed by atoms with Gasteiger partial charge in [0.25, 0.3) is 0 Å². The van der Waals surface area contributed by atoms with Crippen LogP contribution in [0.25, 0.3) is 0 Å². The molecule has 1 aromatic rings. The van der Waals surface area contributed by atoms with Crippen LogP contribution in [0, 0.1) is 6.92 Å². The van der Waals surface area contributed by atoms with Gasteiger partial charge in [-0.3, -0.25) is 0 Å². The number of rotatable bonds is 2. The van der Waals surface area contributed by atoms with E-state index in [-0.39, 0.29) is 0 Å². The van der Waals surface area contributed by atoms with Crippen LogP contribution in [-0.4, -0.2) is 11.0 Å². The second-order valence-corrected chi connectivity index (χ2v) is 5.09. The van der Waals surface area contributed by atoms with E-state index in [0.717, 1.165) is 10.6 Å². The van der Waals surface area contributed by atoms with Crippen molar-refractivity contribution in [2.45, 2.75) is 17.9 Å². The first-order valence-corrected chi connectivity index (χ1v) is 6.25. The van der Waals surface area contributed by atoms with Crippen LogP contribution in [0.5, 0.6) is 0 Å². The molecule has 0 aliphatic heterocycles. The molecule has 0 heterocycles. The summed E-state index contributed by atoms with van der Waals surface area (Å²) in [5.74, 6) is 0. The minimum atomic E-state index is -4.81. The fourth-order valence-electron chi connectivity index (χ4n) is 0.645. The maximum atomic E-state index is 11.1. The molecule has 0 aromatic heterocycles. The average Bonchev–Trinajstić information content (AvgIpc) is 2.19. The molecule has 0 fully saturated rings. The molecule has 0 atom stereocenters. The van der Waals surface area contributed by atoms with E-state index >= 15 is 0 Å². The van der Waals surface area contributed by atoms with Gasteiger partial charge < -0.3 is 0 Å². The SMILES string of the molecule is Cc1ccccc1Cl.FC(F)(F)SOSC(F)(F)F. The summed E-state index contributed by atoms with van der Waals surface area (Å²) in [7, 11) is 0. The summed E-state index contributed by atoms with van der Waals surface area (Å²) >= 11 is 3.32. The molecule has 0 amide bonds. The number of hydrogen-bond acceptors (Lipinski definition) is 3. The second-order valence-electron chi connectivity index (χ2n) is 2.88. The minimum absolute atomic E-state index is 0.840.